The van der Waals surface area contributed by atoms with Crippen molar-refractivity contribution < 1.29 is 9.53 Å². The topological polar surface area (TPSA) is 44.8 Å². The zero-order valence-electron chi connectivity index (χ0n) is 16.7. The molecule has 2 atom stereocenters. The fourth-order valence-electron chi connectivity index (χ4n) is 4.26. The van der Waals surface area contributed by atoms with Gasteiger partial charge < -0.3 is 10.1 Å². The summed E-state index contributed by atoms with van der Waals surface area (Å²) in [5.74, 6) is 0.756. The first-order valence-corrected chi connectivity index (χ1v) is 10.4. The molecule has 0 saturated carbocycles. The third-order valence-electron chi connectivity index (χ3n) is 5.63. The number of benzene rings is 1. The molecule has 2 unspecified atom stereocenters. The van der Waals surface area contributed by atoms with Gasteiger partial charge in [0, 0.05) is 30.3 Å². The maximum Gasteiger partial charge on any atom is 0.238 e. The highest BCUT2D eigenvalue weighted by molar-refractivity contribution is 6.31. The zero-order valence-corrected chi connectivity index (χ0v) is 17.5. The van der Waals surface area contributed by atoms with Crippen LogP contribution in [0.4, 0.5) is 5.69 Å². The quantitative estimate of drug-likeness (QED) is 0.832. The van der Waals surface area contributed by atoms with Crippen molar-refractivity contribution in [1.82, 2.24) is 9.80 Å². The highest BCUT2D eigenvalue weighted by Gasteiger charge is 2.27. The monoisotopic (exact) mass is 393 g/mol. The zero-order chi connectivity index (χ0) is 19.4. The van der Waals surface area contributed by atoms with Crippen molar-refractivity contribution in [2.45, 2.75) is 45.8 Å². The number of anilines is 1. The molecule has 1 aromatic carbocycles. The summed E-state index contributed by atoms with van der Waals surface area (Å²) in [5, 5.41) is 3.68. The average Bonchev–Trinajstić information content (AvgIpc) is 2.60. The smallest absolute Gasteiger partial charge is 0.238 e. The predicted octanol–water partition coefficient (Wildman–Crippen LogP) is 3.41. The number of ether oxygens (including phenoxy) is 1. The number of likely N-dealkylation sites (tertiary alicyclic amines) is 1. The van der Waals surface area contributed by atoms with Crippen molar-refractivity contribution in [2.75, 3.05) is 44.6 Å². The van der Waals surface area contributed by atoms with E-state index in [2.05, 4.69) is 29.0 Å². The molecule has 1 amide bonds. The third kappa shape index (κ3) is 5.92. The Hall–Kier alpha value is -1.14. The summed E-state index contributed by atoms with van der Waals surface area (Å²) >= 11 is 6.13. The molecule has 0 aliphatic carbocycles. The second-order valence-corrected chi connectivity index (χ2v) is 8.56. The van der Waals surface area contributed by atoms with Gasteiger partial charge in [0.05, 0.1) is 18.8 Å². The molecule has 2 aliphatic rings. The molecule has 1 N–H and O–H groups in total. The van der Waals surface area contributed by atoms with E-state index in [0.29, 0.717) is 23.8 Å². The van der Waals surface area contributed by atoms with Gasteiger partial charge in [0.1, 0.15) is 0 Å². The van der Waals surface area contributed by atoms with E-state index < -0.39 is 0 Å². The predicted molar refractivity (Wildman–Crippen MR) is 110 cm³/mol. The molecule has 0 radical (unpaired) electrons. The lowest BCUT2D eigenvalue weighted by molar-refractivity contribution is -0.117. The van der Waals surface area contributed by atoms with E-state index in [0.717, 1.165) is 62.7 Å². The van der Waals surface area contributed by atoms with Crippen LogP contribution in [0.1, 0.15) is 32.3 Å². The summed E-state index contributed by atoms with van der Waals surface area (Å²) < 4.78 is 5.83. The number of carbonyl (C=O) groups excluding carboxylic acids is 1. The number of nitrogens with one attached hydrogen (secondary N) is 1. The molecule has 27 heavy (non-hydrogen) atoms. The maximum atomic E-state index is 12.4. The Balaban J connectivity index is 1.41. The van der Waals surface area contributed by atoms with Crippen molar-refractivity contribution in [2.24, 2.45) is 5.92 Å². The lowest BCUT2D eigenvalue weighted by Gasteiger charge is -2.39. The summed E-state index contributed by atoms with van der Waals surface area (Å²) in [5.41, 5.74) is 1.72. The van der Waals surface area contributed by atoms with Gasteiger partial charge in [0.15, 0.2) is 0 Å². The van der Waals surface area contributed by atoms with Crippen molar-refractivity contribution in [3.8, 4) is 0 Å². The molecule has 2 heterocycles. The van der Waals surface area contributed by atoms with Crippen LogP contribution in [0.5, 0.6) is 0 Å². The number of nitrogens with zero attached hydrogens (tertiary/aromatic N) is 2. The Morgan fingerprint density at radius 3 is 2.52 bits per heavy atom. The van der Waals surface area contributed by atoms with Crippen LogP contribution in [0.15, 0.2) is 18.2 Å². The summed E-state index contributed by atoms with van der Waals surface area (Å²) in [7, 11) is 0. The minimum absolute atomic E-state index is 0.0367. The molecule has 1 aromatic rings. The molecule has 2 aliphatic heterocycles. The van der Waals surface area contributed by atoms with Crippen LogP contribution in [0.25, 0.3) is 0 Å². The summed E-state index contributed by atoms with van der Waals surface area (Å²) in [6.07, 6.45) is 2.97. The van der Waals surface area contributed by atoms with Crippen LogP contribution >= 0.6 is 11.6 Å². The number of piperidine rings is 1. The van der Waals surface area contributed by atoms with Crippen LogP contribution in [-0.4, -0.2) is 67.2 Å². The number of morpholine rings is 1. The van der Waals surface area contributed by atoms with Crippen molar-refractivity contribution in [3.63, 3.8) is 0 Å². The number of halogens is 1. The van der Waals surface area contributed by atoms with Crippen LogP contribution in [-0.2, 0) is 9.53 Å². The van der Waals surface area contributed by atoms with Gasteiger partial charge in [-0.05, 0) is 70.3 Å². The number of rotatable bonds is 5. The number of carbonyl (C=O) groups is 1. The van der Waals surface area contributed by atoms with E-state index in [4.69, 9.17) is 16.3 Å². The van der Waals surface area contributed by atoms with Crippen LogP contribution in [0.2, 0.25) is 5.02 Å². The molecule has 150 valence electrons. The second-order valence-electron chi connectivity index (χ2n) is 8.16. The molecule has 0 bridgehead atoms. The van der Waals surface area contributed by atoms with Crippen LogP contribution < -0.4 is 5.32 Å². The Kier molecular flexibility index (Phi) is 7.15. The van der Waals surface area contributed by atoms with E-state index in [-0.39, 0.29) is 5.91 Å². The van der Waals surface area contributed by atoms with E-state index in [1.807, 2.05) is 25.1 Å². The molecule has 3 rings (SSSR count). The Morgan fingerprint density at radius 1 is 1.19 bits per heavy atom. The van der Waals surface area contributed by atoms with E-state index >= 15 is 0 Å². The van der Waals surface area contributed by atoms with Crippen molar-refractivity contribution >= 4 is 23.2 Å². The average molecular weight is 394 g/mol. The molecular weight excluding hydrogens is 362 g/mol. The Morgan fingerprint density at radius 2 is 1.85 bits per heavy atom. The van der Waals surface area contributed by atoms with Gasteiger partial charge in [-0.25, -0.2) is 0 Å². The van der Waals surface area contributed by atoms with E-state index in [9.17, 15) is 4.79 Å². The van der Waals surface area contributed by atoms with Crippen LogP contribution in [0.3, 0.4) is 0 Å². The van der Waals surface area contributed by atoms with Gasteiger partial charge in [0.2, 0.25) is 5.91 Å². The van der Waals surface area contributed by atoms with Crippen LogP contribution in [0, 0.1) is 12.8 Å². The number of hydrogen-bond acceptors (Lipinski definition) is 4. The first-order chi connectivity index (χ1) is 12.9. The minimum Gasteiger partial charge on any atom is -0.373 e. The van der Waals surface area contributed by atoms with Gasteiger partial charge in [0.25, 0.3) is 0 Å². The van der Waals surface area contributed by atoms with Gasteiger partial charge in [-0.1, -0.05) is 17.7 Å². The summed E-state index contributed by atoms with van der Waals surface area (Å²) in [6, 6.07) is 5.60. The molecule has 0 spiro atoms. The van der Waals surface area contributed by atoms with Gasteiger partial charge in [-0.2, -0.15) is 0 Å². The molecular formula is C21H32ClN3O2. The van der Waals surface area contributed by atoms with E-state index in [1.165, 1.54) is 0 Å². The first kappa shape index (κ1) is 20.6. The highest BCUT2D eigenvalue weighted by atomic mass is 35.5. The Labute approximate surface area is 168 Å². The minimum atomic E-state index is 0.0367. The van der Waals surface area contributed by atoms with Gasteiger partial charge >= 0.3 is 0 Å². The lowest BCUT2D eigenvalue weighted by Crippen LogP contribution is -2.48. The Bertz CT molecular complexity index is 636. The normalized spacial score (nSPS) is 25.5. The van der Waals surface area contributed by atoms with Gasteiger partial charge in [-0.3, -0.25) is 14.6 Å². The first-order valence-electron chi connectivity index (χ1n) is 10.1. The highest BCUT2D eigenvalue weighted by Crippen LogP contribution is 2.24. The molecule has 2 fully saturated rings. The molecule has 6 heteroatoms. The van der Waals surface area contributed by atoms with Gasteiger partial charge in [-0.15, -0.1) is 0 Å². The van der Waals surface area contributed by atoms with E-state index in [1.54, 1.807) is 0 Å². The summed E-state index contributed by atoms with van der Waals surface area (Å²) in [4.78, 5) is 17.2. The third-order valence-corrected chi connectivity index (χ3v) is 6.04. The summed E-state index contributed by atoms with van der Waals surface area (Å²) in [6.45, 7) is 11.9. The standard InChI is InChI=1S/C21H32ClN3O2/c1-15-11-25(12-16(2)27-15)13-18-7-9-24(10-8-18)14-21(26)23-20-6-4-5-19(22)17(20)3/h4-6,15-16,18H,7-14H2,1-3H3,(H,23,26). The SMILES string of the molecule is Cc1c(Cl)cccc1NC(=O)CN1CCC(CN2CC(C)OC(C)C2)CC1. The van der Waals surface area contributed by atoms with Crippen molar-refractivity contribution in [1.29, 1.82) is 0 Å². The molecule has 5 nitrogen and oxygen atoms in total. The number of amides is 1. The fourth-order valence-corrected chi connectivity index (χ4v) is 4.44. The second kappa shape index (κ2) is 9.37. The maximum absolute atomic E-state index is 12.4. The fraction of sp³-hybridized carbons (Fsp3) is 0.667. The largest absolute Gasteiger partial charge is 0.373 e. The lowest BCUT2D eigenvalue weighted by atomic mass is 9.95. The molecule has 0 aromatic heterocycles. The van der Waals surface area contributed by atoms with Crippen molar-refractivity contribution in [3.05, 3.63) is 28.8 Å². The molecule has 2 saturated heterocycles. The number of hydrogen-bond donors (Lipinski definition) is 1.